The maximum atomic E-state index is 13.3. The summed E-state index contributed by atoms with van der Waals surface area (Å²) in [6.45, 7) is 3.50. The number of benzene rings is 2. The molecular weight excluding hydrogens is 545 g/mol. The minimum atomic E-state index is -2.09. The van der Waals surface area contributed by atoms with E-state index in [-0.39, 0.29) is 18.0 Å². The topological polar surface area (TPSA) is 152 Å². The number of carbonyl (C=O) groups excluding carboxylic acids is 2. The summed E-state index contributed by atoms with van der Waals surface area (Å²) in [4.78, 5) is 49.0. The molecule has 1 amide bonds. The van der Waals surface area contributed by atoms with E-state index in [1.54, 1.807) is 93.9 Å². The van der Waals surface area contributed by atoms with Crippen molar-refractivity contribution >= 4 is 25.1 Å². The van der Waals surface area contributed by atoms with Crippen LogP contribution in [-0.2, 0) is 14.1 Å². The molecule has 0 aliphatic heterocycles. The van der Waals surface area contributed by atoms with Crippen molar-refractivity contribution in [3.63, 3.8) is 0 Å². The number of methoxy groups -OCH3 is 1. The Labute approximate surface area is 237 Å². The fourth-order valence-corrected chi connectivity index (χ4v) is 4.95. The van der Waals surface area contributed by atoms with Crippen molar-refractivity contribution in [1.82, 2.24) is 25.4 Å². The van der Waals surface area contributed by atoms with Gasteiger partial charge in [0.2, 0.25) is 5.30 Å². The molecule has 0 spiro atoms. The quantitative estimate of drug-likeness (QED) is 0.181. The fraction of sp³-hybridized carbons (Fsp3) is 0.207. The average Bonchev–Trinajstić information content (AvgIpc) is 3.00. The lowest BCUT2D eigenvalue weighted by molar-refractivity contribution is -0.144. The molecule has 0 fully saturated rings. The zero-order valence-corrected chi connectivity index (χ0v) is 23.6. The molecule has 2 aromatic heterocycles. The lowest BCUT2D eigenvalue weighted by Gasteiger charge is -2.20. The Morgan fingerprint density at radius 3 is 2.27 bits per heavy atom. The molecule has 3 N–H and O–H groups in total. The van der Waals surface area contributed by atoms with Gasteiger partial charge in [-0.2, -0.15) is 0 Å². The number of aromatic amines is 1. The van der Waals surface area contributed by atoms with Gasteiger partial charge in [-0.05, 0) is 65.9 Å². The lowest BCUT2D eigenvalue weighted by atomic mass is 9.98. The monoisotopic (exact) mass is 574 g/mol. The van der Waals surface area contributed by atoms with Crippen LogP contribution in [0.15, 0.2) is 83.9 Å². The molecule has 2 unspecified atom stereocenters. The Hall–Kier alpha value is -4.73. The van der Waals surface area contributed by atoms with Gasteiger partial charge in [0.05, 0.1) is 19.8 Å². The fourth-order valence-electron chi connectivity index (χ4n) is 3.93. The maximum Gasteiger partial charge on any atom is 0.472 e. The smallest absolute Gasteiger partial charge is 0.472 e. The Bertz CT molecular complexity index is 1580. The third-order valence-corrected chi connectivity index (χ3v) is 7.48. The highest BCUT2D eigenvalue weighted by molar-refractivity contribution is 7.51. The Balaban J connectivity index is 1.59. The highest BCUT2D eigenvalue weighted by Crippen LogP contribution is 2.26. The molecule has 2 heterocycles. The zero-order chi connectivity index (χ0) is 29.4. The van der Waals surface area contributed by atoms with Crippen molar-refractivity contribution in [3.8, 4) is 17.3 Å². The molecule has 0 saturated heterocycles. The van der Waals surface area contributed by atoms with Crippen molar-refractivity contribution < 1.29 is 23.6 Å². The van der Waals surface area contributed by atoms with E-state index in [0.29, 0.717) is 22.3 Å². The van der Waals surface area contributed by atoms with Gasteiger partial charge in [0.25, 0.3) is 11.5 Å². The number of hydrogen-bond acceptors (Lipinski definition) is 8. The molecule has 12 heteroatoms. The van der Waals surface area contributed by atoms with Crippen molar-refractivity contribution in [2.75, 3.05) is 13.7 Å². The standard InChI is InChI=1S/C29H28N5O6P/c1-4-40-29(37)18(2)34-41(38)22-14-10-20(11-15-22)25(19-8-12-21(39-3)13-9-19)32-27(35)23-17-31-26(33-28(23)36)24-7-5-6-16-30-24/h5-18,25H,4H2,1-3H3,(H2-,31,32,33,34,35,36,38)/p+1/t18-,25?/m0/s1. The van der Waals surface area contributed by atoms with Crippen molar-refractivity contribution in [1.29, 1.82) is 0 Å². The van der Waals surface area contributed by atoms with Crippen LogP contribution >= 0.6 is 7.95 Å². The number of rotatable bonds is 11. The molecule has 3 atom stereocenters. The molecule has 0 saturated carbocycles. The minimum absolute atomic E-state index is 0.167. The summed E-state index contributed by atoms with van der Waals surface area (Å²) < 4.78 is 23.0. The van der Waals surface area contributed by atoms with E-state index >= 15 is 0 Å². The molecule has 0 bridgehead atoms. The van der Waals surface area contributed by atoms with E-state index < -0.39 is 37.5 Å². The predicted octanol–water partition coefficient (Wildman–Crippen LogP) is 3.27. The number of pyridine rings is 1. The number of ether oxygens (including phenoxy) is 2. The predicted molar refractivity (Wildman–Crippen MR) is 153 cm³/mol. The molecule has 4 rings (SSSR count). The summed E-state index contributed by atoms with van der Waals surface area (Å²) in [5.74, 6) is -0.243. The molecule has 2 aromatic carbocycles. The highest BCUT2D eigenvalue weighted by Gasteiger charge is 2.28. The molecule has 210 valence electrons. The van der Waals surface area contributed by atoms with E-state index in [9.17, 15) is 18.9 Å². The van der Waals surface area contributed by atoms with Crippen LogP contribution in [0, 0.1) is 0 Å². The normalized spacial score (nSPS) is 12.6. The van der Waals surface area contributed by atoms with Gasteiger partial charge in [-0.3, -0.25) is 19.4 Å². The number of hydrogen-bond donors (Lipinski definition) is 3. The van der Waals surface area contributed by atoms with Crippen LogP contribution in [0.1, 0.15) is 41.4 Å². The van der Waals surface area contributed by atoms with Gasteiger partial charge in [0.1, 0.15) is 23.0 Å². The summed E-state index contributed by atoms with van der Waals surface area (Å²) >= 11 is 0. The maximum absolute atomic E-state index is 13.3. The van der Waals surface area contributed by atoms with Crippen LogP contribution < -0.4 is 26.0 Å². The number of amides is 1. The summed E-state index contributed by atoms with van der Waals surface area (Å²) in [6.07, 6.45) is 2.79. The van der Waals surface area contributed by atoms with Gasteiger partial charge in [-0.15, -0.1) is 0 Å². The average molecular weight is 575 g/mol. The van der Waals surface area contributed by atoms with E-state index in [1.807, 2.05) is 0 Å². The first-order chi connectivity index (χ1) is 19.8. The Morgan fingerprint density at radius 1 is 1.00 bits per heavy atom. The first-order valence-corrected chi connectivity index (χ1v) is 14.0. The summed E-state index contributed by atoms with van der Waals surface area (Å²) in [5.41, 5.74) is 1.08. The van der Waals surface area contributed by atoms with E-state index in [0.717, 1.165) is 5.56 Å². The van der Waals surface area contributed by atoms with Gasteiger partial charge < -0.3 is 19.8 Å². The minimum Gasteiger partial charge on any atom is -0.497 e. The van der Waals surface area contributed by atoms with E-state index in [2.05, 4.69) is 25.4 Å². The Morgan fingerprint density at radius 2 is 1.68 bits per heavy atom. The van der Waals surface area contributed by atoms with Crippen LogP contribution in [0.2, 0.25) is 0 Å². The number of nitrogens with one attached hydrogen (secondary N) is 3. The van der Waals surface area contributed by atoms with Crippen LogP contribution in [-0.4, -0.2) is 46.6 Å². The molecule has 0 radical (unpaired) electrons. The van der Waals surface area contributed by atoms with Crippen LogP contribution in [0.25, 0.3) is 11.5 Å². The first-order valence-electron chi connectivity index (χ1n) is 12.8. The number of aromatic nitrogens is 3. The van der Waals surface area contributed by atoms with Gasteiger partial charge in [0.15, 0.2) is 5.82 Å². The summed E-state index contributed by atoms with van der Waals surface area (Å²) in [6, 6.07) is 17.7. The molecule has 0 aliphatic carbocycles. The van der Waals surface area contributed by atoms with Crippen molar-refractivity contribution in [3.05, 3.63) is 106 Å². The largest absolute Gasteiger partial charge is 0.497 e. The third kappa shape index (κ3) is 7.27. The molecule has 41 heavy (non-hydrogen) atoms. The molecule has 11 nitrogen and oxygen atoms in total. The molecule has 4 aromatic rings. The highest BCUT2D eigenvalue weighted by atomic mass is 31.1. The van der Waals surface area contributed by atoms with Crippen LogP contribution in [0.3, 0.4) is 0 Å². The van der Waals surface area contributed by atoms with E-state index in [1.165, 1.54) is 6.20 Å². The number of esters is 1. The first kappa shape index (κ1) is 29.3. The van der Waals surface area contributed by atoms with Crippen molar-refractivity contribution in [2.24, 2.45) is 0 Å². The second-order valence-corrected chi connectivity index (χ2v) is 10.2. The SMILES string of the molecule is CCOC(=O)[C@H](C)N[P+](=O)c1ccc(C(NC(=O)c2cnc(-c3ccccn3)[nH]c2=O)c2ccc(OC)cc2)cc1. The number of nitrogens with zero attached hydrogens (tertiary/aromatic N) is 2. The zero-order valence-electron chi connectivity index (χ0n) is 22.7. The van der Waals surface area contributed by atoms with Gasteiger partial charge in [0, 0.05) is 12.4 Å². The molecular formula is C29H29N5O6P+. The third-order valence-electron chi connectivity index (χ3n) is 6.09. The van der Waals surface area contributed by atoms with Gasteiger partial charge >= 0.3 is 13.9 Å². The van der Waals surface area contributed by atoms with Gasteiger partial charge in [-0.25, -0.2) is 4.98 Å². The van der Waals surface area contributed by atoms with Crippen LogP contribution in [0.5, 0.6) is 5.75 Å². The van der Waals surface area contributed by atoms with E-state index in [4.69, 9.17) is 9.47 Å². The number of H-pyrrole nitrogens is 1. The Kier molecular flexibility index (Phi) is 9.68. The lowest BCUT2D eigenvalue weighted by Crippen LogP contribution is -2.34. The van der Waals surface area contributed by atoms with Crippen molar-refractivity contribution in [2.45, 2.75) is 25.9 Å². The van der Waals surface area contributed by atoms with Crippen LogP contribution in [0.4, 0.5) is 0 Å². The number of carbonyl (C=O) groups is 2. The second kappa shape index (κ2) is 13.6. The van der Waals surface area contributed by atoms with Gasteiger partial charge in [-0.1, -0.05) is 35.4 Å². The summed E-state index contributed by atoms with van der Waals surface area (Å²) in [7, 11) is -0.540. The second-order valence-electron chi connectivity index (χ2n) is 8.86. The molecule has 0 aliphatic rings. The summed E-state index contributed by atoms with van der Waals surface area (Å²) in [5, 5.41) is 6.12.